The lowest BCUT2D eigenvalue weighted by molar-refractivity contribution is 0.624. The molecule has 2 aromatic heterocycles. The first-order valence-electron chi connectivity index (χ1n) is 5.98. The second-order valence-electron chi connectivity index (χ2n) is 4.28. The van der Waals surface area contributed by atoms with Crippen molar-refractivity contribution in [1.29, 1.82) is 0 Å². The second kappa shape index (κ2) is 5.02. The highest BCUT2D eigenvalue weighted by molar-refractivity contribution is 5.38. The molecule has 0 bridgehead atoms. The molecule has 0 saturated carbocycles. The molecular weight excluding hydrogens is 241 g/mol. The van der Waals surface area contributed by atoms with Crippen molar-refractivity contribution < 1.29 is 4.39 Å². The number of nitrogens with one attached hydrogen (secondary N) is 1. The Morgan fingerprint density at radius 1 is 1.00 bits per heavy atom. The van der Waals surface area contributed by atoms with Gasteiger partial charge in [0.05, 0.1) is 12.2 Å². The van der Waals surface area contributed by atoms with E-state index in [2.05, 4.69) is 15.0 Å². The topological polar surface area (TPSA) is 41.6 Å². The maximum Gasteiger partial charge on any atom is 0.123 e. The Balaban J connectivity index is 2.12. The SMILES string of the molecule is Fc1cccc(C(c2cccnc2)c2cnc[nH]2)c1. The lowest BCUT2D eigenvalue weighted by Crippen LogP contribution is -2.04. The van der Waals surface area contributed by atoms with E-state index in [9.17, 15) is 4.39 Å². The van der Waals surface area contributed by atoms with E-state index in [1.165, 1.54) is 6.07 Å². The van der Waals surface area contributed by atoms with Crippen LogP contribution in [-0.2, 0) is 0 Å². The van der Waals surface area contributed by atoms with Gasteiger partial charge in [-0.25, -0.2) is 9.37 Å². The highest BCUT2D eigenvalue weighted by atomic mass is 19.1. The first kappa shape index (κ1) is 11.6. The van der Waals surface area contributed by atoms with Crippen molar-refractivity contribution in [2.75, 3.05) is 0 Å². The van der Waals surface area contributed by atoms with Gasteiger partial charge in [-0.05, 0) is 29.3 Å². The minimum atomic E-state index is -0.245. The van der Waals surface area contributed by atoms with Gasteiger partial charge in [0.1, 0.15) is 5.82 Å². The van der Waals surface area contributed by atoms with Gasteiger partial charge in [0.25, 0.3) is 0 Å². The summed E-state index contributed by atoms with van der Waals surface area (Å²) in [5.74, 6) is -0.335. The van der Waals surface area contributed by atoms with Crippen LogP contribution in [0.1, 0.15) is 22.7 Å². The minimum absolute atomic E-state index is 0.0908. The predicted octanol–water partition coefficient (Wildman–Crippen LogP) is 3.12. The van der Waals surface area contributed by atoms with Crippen molar-refractivity contribution >= 4 is 0 Å². The van der Waals surface area contributed by atoms with Crippen LogP contribution >= 0.6 is 0 Å². The molecule has 19 heavy (non-hydrogen) atoms. The van der Waals surface area contributed by atoms with E-state index in [1.807, 2.05) is 18.2 Å². The van der Waals surface area contributed by atoms with E-state index in [0.717, 1.165) is 16.8 Å². The molecule has 3 nitrogen and oxygen atoms in total. The molecule has 0 saturated heterocycles. The fraction of sp³-hybridized carbons (Fsp3) is 0.0667. The molecular formula is C15H12FN3. The number of nitrogens with zero attached hydrogens (tertiary/aromatic N) is 2. The van der Waals surface area contributed by atoms with E-state index in [1.54, 1.807) is 37.1 Å². The van der Waals surface area contributed by atoms with Gasteiger partial charge in [-0.3, -0.25) is 4.98 Å². The monoisotopic (exact) mass is 253 g/mol. The number of H-pyrrole nitrogens is 1. The smallest absolute Gasteiger partial charge is 0.123 e. The lowest BCUT2D eigenvalue weighted by Gasteiger charge is -2.16. The first-order chi connectivity index (χ1) is 9.34. The Morgan fingerprint density at radius 2 is 1.89 bits per heavy atom. The first-order valence-corrected chi connectivity index (χ1v) is 5.98. The Hall–Kier alpha value is -2.49. The molecule has 1 unspecified atom stereocenters. The van der Waals surface area contributed by atoms with Crippen molar-refractivity contribution in [2.24, 2.45) is 0 Å². The normalized spacial score (nSPS) is 12.3. The maximum atomic E-state index is 13.4. The number of rotatable bonds is 3. The van der Waals surface area contributed by atoms with Crippen molar-refractivity contribution in [3.63, 3.8) is 0 Å². The molecule has 0 aliphatic carbocycles. The number of pyridine rings is 1. The van der Waals surface area contributed by atoms with Crippen molar-refractivity contribution in [3.8, 4) is 0 Å². The molecule has 0 amide bonds. The number of hydrogen-bond acceptors (Lipinski definition) is 2. The molecule has 1 atom stereocenters. The summed E-state index contributed by atoms with van der Waals surface area (Å²) >= 11 is 0. The maximum absolute atomic E-state index is 13.4. The molecule has 4 heteroatoms. The van der Waals surface area contributed by atoms with Crippen LogP contribution in [-0.4, -0.2) is 15.0 Å². The van der Waals surface area contributed by atoms with E-state index in [-0.39, 0.29) is 11.7 Å². The molecule has 1 aromatic carbocycles. The Morgan fingerprint density at radius 3 is 2.58 bits per heavy atom. The summed E-state index contributed by atoms with van der Waals surface area (Å²) in [6, 6.07) is 10.4. The number of aromatic nitrogens is 3. The summed E-state index contributed by atoms with van der Waals surface area (Å²) in [4.78, 5) is 11.3. The highest BCUT2D eigenvalue weighted by Gasteiger charge is 2.18. The van der Waals surface area contributed by atoms with Crippen LogP contribution in [0.25, 0.3) is 0 Å². The van der Waals surface area contributed by atoms with E-state index < -0.39 is 0 Å². The van der Waals surface area contributed by atoms with Gasteiger partial charge in [0.2, 0.25) is 0 Å². The molecule has 0 fully saturated rings. The van der Waals surface area contributed by atoms with Gasteiger partial charge in [0.15, 0.2) is 0 Å². The number of halogens is 1. The van der Waals surface area contributed by atoms with Gasteiger partial charge in [0, 0.05) is 24.3 Å². The zero-order chi connectivity index (χ0) is 13.1. The average Bonchev–Trinajstić information content (AvgIpc) is 2.94. The van der Waals surface area contributed by atoms with Crippen molar-refractivity contribution in [3.05, 3.63) is 84.0 Å². The summed E-state index contributed by atoms with van der Waals surface area (Å²) in [6.07, 6.45) is 6.88. The van der Waals surface area contributed by atoms with E-state index in [4.69, 9.17) is 0 Å². The largest absolute Gasteiger partial charge is 0.348 e. The average molecular weight is 253 g/mol. The van der Waals surface area contributed by atoms with Gasteiger partial charge < -0.3 is 4.98 Å². The van der Waals surface area contributed by atoms with Crippen LogP contribution in [0.15, 0.2) is 61.3 Å². The van der Waals surface area contributed by atoms with Crippen molar-refractivity contribution in [1.82, 2.24) is 15.0 Å². The van der Waals surface area contributed by atoms with Crippen molar-refractivity contribution in [2.45, 2.75) is 5.92 Å². The van der Waals surface area contributed by atoms with E-state index in [0.29, 0.717) is 0 Å². The third kappa shape index (κ3) is 2.38. The summed E-state index contributed by atoms with van der Waals surface area (Å²) < 4.78 is 13.4. The molecule has 94 valence electrons. The van der Waals surface area contributed by atoms with Gasteiger partial charge in [-0.1, -0.05) is 18.2 Å². The number of benzene rings is 1. The van der Waals surface area contributed by atoms with Gasteiger partial charge in [-0.2, -0.15) is 0 Å². The molecule has 3 rings (SSSR count). The summed E-state index contributed by atoms with van der Waals surface area (Å²) in [6.45, 7) is 0. The molecule has 0 radical (unpaired) electrons. The quantitative estimate of drug-likeness (QED) is 0.779. The third-order valence-electron chi connectivity index (χ3n) is 3.03. The standard InChI is InChI=1S/C15H12FN3/c16-13-5-1-3-11(7-13)15(14-9-18-10-19-14)12-4-2-6-17-8-12/h1-10,15H,(H,18,19). The lowest BCUT2D eigenvalue weighted by atomic mass is 9.90. The molecule has 0 aliphatic heterocycles. The molecule has 0 spiro atoms. The highest BCUT2D eigenvalue weighted by Crippen LogP contribution is 2.30. The van der Waals surface area contributed by atoms with Crippen LogP contribution in [0, 0.1) is 5.82 Å². The molecule has 1 N–H and O–H groups in total. The second-order valence-corrected chi connectivity index (χ2v) is 4.28. The van der Waals surface area contributed by atoms with Crippen LogP contribution in [0.4, 0.5) is 4.39 Å². The summed E-state index contributed by atoms with van der Waals surface area (Å²) in [7, 11) is 0. The Bertz CT molecular complexity index is 650. The predicted molar refractivity (Wildman–Crippen MR) is 70.2 cm³/mol. The van der Waals surface area contributed by atoms with Crippen LogP contribution < -0.4 is 0 Å². The Kier molecular flexibility index (Phi) is 3.06. The zero-order valence-corrected chi connectivity index (χ0v) is 10.1. The summed E-state index contributed by atoms with van der Waals surface area (Å²) in [5, 5.41) is 0. The molecule has 0 aliphatic rings. The molecule has 3 aromatic rings. The fourth-order valence-corrected chi connectivity index (χ4v) is 2.21. The summed E-state index contributed by atoms with van der Waals surface area (Å²) in [5.41, 5.74) is 2.79. The van der Waals surface area contributed by atoms with Gasteiger partial charge >= 0.3 is 0 Å². The zero-order valence-electron chi connectivity index (χ0n) is 10.1. The van der Waals surface area contributed by atoms with E-state index >= 15 is 0 Å². The molecule has 2 heterocycles. The number of hydrogen-bond donors (Lipinski definition) is 1. The van der Waals surface area contributed by atoms with Crippen LogP contribution in [0.2, 0.25) is 0 Å². The number of aromatic amines is 1. The third-order valence-corrected chi connectivity index (χ3v) is 3.03. The van der Waals surface area contributed by atoms with Crippen LogP contribution in [0.3, 0.4) is 0 Å². The van der Waals surface area contributed by atoms with Crippen LogP contribution in [0.5, 0.6) is 0 Å². The number of imidazole rings is 1. The van der Waals surface area contributed by atoms with Gasteiger partial charge in [-0.15, -0.1) is 0 Å². The Labute approximate surface area is 110 Å². The fourth-order valence-electron chi connectivity index (χ4n) is 2.21. The minimum Gasteiger partial charge on any atom is -0.348 e.